The Kier molecular flexibility index (Phi) is 1.68. The quantitative estimate of drug-likeness (QED) is 0.562. The van der Waals surface area contributed by atoms with Gasteiger partial charge in [0.05, 0.1) is 0 Å². The molecule has 0 N–H and O–H groups in total. The molecule has 0 radical (unpaired) electrons. The maximum absolute atomic E-state index is 2.35. The molecule has 1 unspecified atom stereocenters. The summed E-state index contributed by atoms with van der Waals surface area (Å²) in [5.41, 5.74) is 5.07. The van der Waals surface area contributed by atoms with Crippen molar-refractivity contribution in [2.45, 2.75) is 44.4 Å². The van der Waals surface area contributed by atoms with Crippen LogP contribution < -0.4 is 0 Å². The Morgan fingerprint density at radius 1 is 0.923 bits per heavy atom. The molecule has 0 bridgehead atoms. The third-order valence-electron chi connectivity index (χ3n) is 3.71. The summed E-state index contributed by atoms with van der Waals surface area (Å²) in [7, 11) is 0. The van der Waals surface area contributed by atoms with E-state index in [1.807, 2.05) is 0 Å². The fraction of sp³-hybridized carbons (Fsp3) is 0.538. The molecule has 68 valence electrons. The lowest BCUT2D eigenvalue weighted by atomic mass is 9.95. The van der Waals surface area contributed by atoms with E-state index in [9.17, 15) is 0 Å². The minimum atomic E-state index is 0.925. The van der Waals surface area contributed by atoms with Gasteiger partial charge in [0, 0.05) is 0 Å². The van der Waals surface area contributed by atoms with Gasteiger partial charge in [0.25, 0.3) is 0 Å². The van der Waals surface area contributed by atoms with E-state index < -0.39 is 0 Å². The normalized spacial score (nSPS) is 25.4. The molecule has 0 saturated heterocycles. The summed E-state index contributed by atoms with van der Waals surface area (Å²) in [6.07, 6.45) is 8.40. The first-order chi connectivity index (χ1) is 6.45. The van der Waals surface area contributed by atoms with Crippen molar-refractivity contribution in [3.8, 4) is 0 Å². The summed E-state index contributed by atoms with van der Waals surface area (Å²) in [6, 6.07) is 6.94. The van der Waals surface area contributed by atoms with Crippen LogP contribution in [-0.4, -0.2) is 0 Å². The van der Waals surface area contributed by atoms with Crippen molar-refractivity contribution >= 4 is 0 Å². The maximum Gasteiger partial charge on any atom is -0.0153 e. The van der Waals surface area contributed by atoms with Crippen molar-refractivity contribution in [3.05, 3.63) is 34.9 Å². The zero-order valence-electron chi connectivity index (χ0n) is 8.05. The fourth-order valence-electron chi connectivity index (χ4n) is 3.10. The van der Waals surface area contributed by atoms with Crippen LogP contribution in [-0.2, 0) is 12.8 Å². The lowest BCUT2D eigenvalue weighted by Crippen LogP contribution is -1.94. The Bertz CT molecular complexity index is 325. The van der Waals surface area contributed by atoms with E-state index in [1.54, 1.807) is 16.7 Å². The smallest absolute Gasteiger partial charge is 0.0153 e. The molecule has 2 aliphatic rings. The first kappa shape index (κ1) is 7.61. The number of hydrogen-bond donors (Lipinski definition) is 0. The Hall–Kier alpha value is -0.780. The number of hydrogen-bond acceptors (Lipinski definition) is 0. The van der Waals surface area contributed by atoms with Gasteiger partial charge >= 0.3 is 0 Å². The van der Waals surface area contributed by atoms with Crippen LogP contribution in [0.1, 0.15) is 48.3 Å². The van der Waals surface area contributed by atoms with E-state index in [0.29, 0.717) is 0 Å². The first-order valence-electron chi connectivity index (χ1n) is 5.56. The van der Waals surface area contributed by atoms with Crippen LogP contribution in [0.5, 0.6) is 0 Å². The molecule has 2 aliphatic carbocycles. The lowest BCUT2D eigenvalue weighted by molar-refractivity contribution is 0.588. The van der Waals surface area contributed by atoms with Gasteiger partial charge in [-0.1, -0.05) is 24.6 Å². The molecular formula is C13H16. The minimum absolute atomic E-state index is 0.925. The molecule has 1 aromatic carbocycles. The fourth-order valence-corrected chi connectivity index (χ4v) is 3.10. The van der Waals surface area contributed by atoms with Crippen LogP contribution in [0.15, 0.2) is 18.2 Å². The topological polar surface area (TPSA) is 0 Å². The standard InChI is InChI=1S/C13H16/c1-2-5-11-8-9-12-7-3-6-10(4-1)13(11)12/h3,6-7,11H,1-2,4-5,8-9H2. The molecule has 0 heteroatoms. The zero-order chi connectivity index (χ0) is 8.67. The minimum Gasteiger partial charge on any atom is -0.0617 e. The number of aryl methyl sites for hydroxylation is 2. The summed E-state index contributed by atoms with van der Waals surface area (Å²) in [4.78, 5) is 0. The van der Waals surface area contributed by atoms with Gasteiger partial charge in [-0.2, -0.15) is 0 Å². The van der Waals surface area contributed by atoms with Gasteiger partial charge in [-0.3, -0.25) is 0 Å². The summed E-state index contributed by atoms with van der Waals surface area (Å²) in [6.45, 7) is 0. The second-order valence-electron chi connectivity index (χ2n) is 4.47. The van der Waals surface area contributed by atoms with Crippen LogP contribution in [0.25, 0.3) is 0 Å². The third kappa shape index (κ3) is 1.12. The van der Waals surface area contributed by atoms with Crippen LogP contribution in [0.3, 0.4) is 0 Å². The van der Waals surface area contributed by atoms with E-state index in [1.165, 1.54) is 38.5 Å². The Balaban J connectivity index is 2.16. The zero-order valence-corrected chi connectivity index (χ0v) is 8.05. The van der Waals surface area contributed by atoms with Gasteiger partial charge in [0.15, 0.2) is 0 Å². The number of benzene rings is 1. The largest absolute Gasteiger partial charge is 0.0617 e. The molecule has 0 heterocycles. The van der Waals surface area contributed by atoms with Crippen molar-refractivity contribution in [2.75, 3.05) is 0 Å². The van der Waals surface area contributed by atoms with Crippen molar-refractivity contribution < 1.29 is 0 Å². The second-order valence-corrected chi connectivity index (χ2v) is 4.47. The van der Waals surface area contributed by atoms with Crippen LogP contribution in [0.4, 0.5) is 0 Å². The Labute approximate surface area is 80.0 Å². The van der Waals surface area contributed by atoms with Gasteiger partial charge in [0.1, 0.15) is 0 Å². The number of rotatable bonds is 0. The summed E-state index contributed by atoms with van der Waals surface area (Å²) in [5, 5.41) is 0. The molecule has 0 aliphatic heterocycles. The van der Waals surface area contributed by atoms with Crippen LogP contribution in [0, 0.1) is 0 Å². The first-order valence-corrected chi connectivity index (χ1v) is 5.56. The highest BCUT2D eigenvalue weighted by molar-refractivity contribution is 5.42. The Morgan fingerprint density at radius 2 is 1.77 bits per heavy atom. The van der Waals surface area contributed by atoms with E-state index in [2.05, 4.69) is 18.2 Å². The highest BCUT2D eigenvalue weighted by atomic mass is 14.3. The molecule has 1 atom stereocenters. The SMILES string of the molecule is c1cc2c3c(c1)CCC3CCCC2. The summed E-state index contributed by atoms with van der Waals surface area (Å²) < 4.78 is 0. The molecule has 0 amide bonds. The van der Waals surface area contributed by atoms with E-state index in [-0.39, 0.29) is 0 Å². The van der Waals surface area contributed by atoms with Crippen molar-refractivity contribution in [1.82, 2.24) is 0 Å². The highest BCUT2D eigenvalue weighted by Crippen LogP contribution is 2.41. The Morgan fingerprint density at radius 3 is 2.69 bits per heavy atom. The molecule has 0 aromatic heterocycles. The average molecular weight is 172 g/mol. The highest BCUT2D eigenvalue weighted by Gasteiger charge is 2.26. The van der Waals surface area contributed by atoms with Gasteiger partial charge in [0.2, 0.25) is 0 Å². The molecule has 1 aromatic rings. The second kappa shape index (κ2) is 2.87. The predicted octanol–water partition coefficient (Wildman–Crippen LogP) is 3.44. The molecule has 13 heavy (non-hydrogen) atoms. The monoisotopic (exact) mass is 172 g/mol. The predicted molar refractivity (Wildman–Crippen MR) is 55.1 cm³/mol. The molecular weight excluding hydrogens is 156 g/mol. The van der Waals surface area contributed by atoms with Gasteiger partial charge in [-0.25, -0.2) is 0 Å². The summed E-state index contributed by atoms with van der Waals surface area (Å²) in [5.74, 6) is 0.925. The van der Waals surface area contributed by atoms with E-state index >= 15 is 0 Å². The van der Waals surface area contributed by atoms with Crippen molar-refractivity contribution in [1.29, 1.82) is 0 Å². The molecule has 0 nitrogen and oxygen atoms in total. The molecule has 0 spiro atoms. The van der Waals surface area contributed by atoms with Crippen molar-refractivity contribution in [2.24, 2.45) is 0 Å². The van der Waals surface area contributed by atoms with Crippen LogP contribution >= 0.6 is 0 Å². The maximum atomic E-state index is 2.35. The summed E-state index contributed by atoms with van der Waals surface area (Å²) >= 11 is 0. The molecule has 0 saturated carbocycles. The van der Waals surface area contributed by atoms with Gasteiger partial charge in [-0.15, -0.1) is 0 Å². The van der Waals surface area contributed by atoms with Crippen molar-refractivity contribution in [3.63, 3.8) is 0 Å². The van der Waals surface area contributed by atoms with Gasteiger partial charge < -0.3 is 0 Å². The third-order valence-corrected chi connectivity index (χ3v) is 3.71. The van der Waals surface area contributed by atoms with Gasteiger partial charge in [-0.05, 0) is 54.7 Å². The average Bonchev–Trinajstić information content (AvgIpc) is 2.44. The van der Waals surface area contributed by atoms with E-state index in [0.717, 1.165) is 5.92 Å². The molecule has 3 rings (SSSR count). The van der Waals surface area contributed by atoms with Crippen LogP contribution in [0.2, 0.25) is 0 Å². The lowest BCUT2D eigenvalue weighted by Gasteiger charge is -2.10. The molecule has 0 fully saturated rings. The van der Waals surface area contributed by atoms with E-state index in [4.69, 9.17) is 0 Å².